The van der Waals surface area contributed by atoms with Crippen LogP contribution in [0.2, 0.25) is 0 Å². The zero-order chi connectivity index (χ0) is 8.10. The molecule has 1 aromatic heterocycles. The third kappa shape index (κ3) is 2.35. The van der Waals surface area contributed by atoms with E-state index in [0.717, 1.165) is 23.5 Å². The van der Waals surface area contributed by atoms with Gasteiger partial charge in [0.25, 0.3) is 0 Å². The van der Waals surface area contributed by atoms with E-state index in [1.807, 2.05) is 17.7 Å². The number of aliphatic imine (C=N–C) groups is 1. The van der Waals surface area contributed by atoms with Crippen LogP contribution in [0.3, 0.4) is 0 Å². The number of nitrogens with two attached hydrogens (primary N) is 1. The second-order valence-electron chi connectivity index (χ2n) is 2.28. The Labute approximate surface area is 70.8 Å². The van der Waals surface area contributed by atoms with Gasteiger partial charge < -0.3 is 5.73 Å². The van der Waals surface area contributed by atoms with Gasteiger partial charge >= 0.3 is 0 Å². The summed E-state index contributed by atoms with van der Waals surface area (Å²) in [6, 6.07) is 1.99. The molecule has 0 fully saturated rings. The van der Waals surface area contributed by atoms with Gasteiger partial charge in [0.05, 0.1) is 5.00 Å². The normalized spacial score (nSPS) is 11.0. The smallest absolute Gasteiger partial charge is 0.0945 e. The second kappa shape index (κ2) is 4.13. The number of nitrogens with zero attached hydrogens (tertiary/aromatic N) is 1. The first-order valence-electron chi connectivity index (χ1n) is 3.67. The molecule has 0 atom stereocenters. The summed E-state index contributed by atoms with van der Waals surface area (Å²) in [6.07, 6.45) is 2.93. The Hall–Kier alpha value is -0.830. The summed E-state index contributed by atoms with van der Waals surface area (Å²) in [7, 11) is 0. The van der Waals surface area contributed by atoms with Gasteiger partial charge in [-0.15, -0.1) is 11.3 Å². The van der Waals surface area contributed by atoms with E-state index in [1.165, 1.54) is 0 Å². The van der Waals surface area contributed by atoms with Crippen molar-refractivity contribution in [3.05, 3.63) is 17.0 Å². The van der Waals surface area contributed by atoms with E-state index < -0.39 is 0 Å². The summed E-state index contributed by atoms with van der Waals surface area (Å²) >= 11 is 1.55. The third-order valence-corrected chi connectivity index (χ3v) is 2.07. The third-order valence-electron chi connectivity index (χ3n) is 1.31. The van der Waals surface area contributed by atoms with Gasteiger partial charge in [0.2, 0.25) is 0 Å². The maximum absolute atomic E-state index is 5.65. The fraction of sp³-hybridized carbons (Fsp3) is 0.375. The van der Waals surface area contributed by atoms with Crippen LogP contribution < -0.4 is 5.73 Å². The molecule has 0 unspecified atom stereocenters. The first kappa shape index (κ1) is 8.27. The molecule has 0 bridgehead atoms. The van der Waals surface area contributed by atoms with Gasteiger partial charge in [0.1, 0.15) is 0 Å². The Balaban J connectivity index is 2.56. The molecule has 2 nitrogen and oxygen atoms in total. The molecule has 3 heteroatoms. The van der Waals surface area contributed by atoms with Crippen molar-refractivity contribution in [3.8, 4) is 0 Å². The maximum atomic E-state index is 5.65. The minimum absolute atomic E-state index is 0.852. The zero-order valence-electron chi connectivity index (χ0n) is 6.58. The zero-order valence-corrected chi connectivity index (χ0v) is 7.40. The molecule has 0 aromatic carbocycles. The molecule has 2 N–H and O–H groups in total. The highest BCUT2D eigenvalue weighted by Crippen LogP contribution is 2.16. The predicted octanol–water partition coefficient (Wildman–Crippen LogP) is 2.16. The van der Waals surface area contributed by atoms with Crippen molar-refractivity contribution in [2.45, 2.75) is 13.3 Å². The number of thiophene rings is 1. The van der Waals surface area contributed by atoms with Crippen molar-refractivity contribution in [2.75, 3.05) is 12.3 Å². The Kier molecular flexibility index (Phi) is 3.11. The van der Waals surface area contributed by atoms with Crippen LogP contribution in [0.1, 0.15) is 18.9 Å². The lowest BCUT2D eigenvalue weighted by atomic mass is 10.3. The molecule has 0 radical (unpaired) electrons. The lowest BCUT2D eigenvalue weighted by Gasteiger charge is -1.88. The highest BCUT2D eigenvalue weighted by molar-refractivity contribution is 7.14. The highest BCUT2D eigenvalue weighted by atomic mass is 32.1. The van der Waals surface area contributed by atoms with Crippen molar-refractivity contribution < 1.29 is 0 Å². The van der Waals surface area contributed by atoms with Crippen molar-refractivity contribution in [1.82, 2.24) is 0 Å². The molecule has 1 aromatic rings. The molecule has 0 spiro atoms. The predicted molar refractivity (Wildman–Crippen MR) is 51.5 cm³/mol. The van der Waals surface area contributed by atoms with E-state index in [0.29, 0.717) is 0 Å². The number of rotatable bonds is 3. The maximum Gasteiger partial charge on any atom is 0.0945 e. The summed E-state index contributed by atoms with van der Waals surface area (Å²) < 4.78 is 0. The number of hydrogen-bond donors (Lipinski definition) is 1. The van der Waals surface area contributed by atoms with Gasteiger partial charge in [-0.2, -0.15) is 0 Å². The summed E-state index contributed by atoms with van der Waals surface area (Å²) in [6.45, 7) is 2.99. The van der Waals surface area contributed by atoms with Crippen LogP contribution in [0.4, 0.5) is 5.00 Å². The van der Waals surface area contributed by atoms with Crippen LogP contribution in [-0.4, -0.2) is 12.8 Å². The summed E-state index contributed by atoms with van der Waals surface area (Å²) in [5.74, 6) is 0. The number of hydrogen-bond acceptors (Lipinski definition) is 3. The first-order chi connectivity index (χ1) is 5.34. The van der Waals surface area contributed by atoms with Gasteiger partial charge in [-0.1, -0.05) is 6.92 Å². The molecule has 0 aliphatic rings. The largest absolute Gasteiger partial charge is 0.390 e. The molecule has 0 saturated carbocycles. The number of anilines is 1. The highest BCUT2D eigenvalue weighted by Gasteiger charge is 1.93. The lowest BCUT2D eigenvalue weighted by molar-refractivity contribution is 0.937. The fourth-order valence-electron chi connectivity index (χ4n) is 0.729. The Morgan fingerprint density at radius 2 is 2.55 bits per heavy atom. The SMILES string of the molecule is CCCN=Cc1ccsc1N. The van der Waals surface area contributed by atoms with Crippen molar-refractivity contribution in [1.29, 1.82) is 0 Å². The van der Waals surface area contributed by atoms with Gasteiger partial charge in [0, 0.05) is 18.3 Å². The molecule has 0 amide bonds. The van der Waals surface area contributed by atoms with Crippen molar-refractivity contribution >= 4 is 22.6 Å². The van der Waals surface area contributed by atoms with Crippen LogP contribution in [0.25, 0.3) is 0 Å². The average molecular weight is 168 g/mol. The summed E-state index contributed by atoms with van der Waals surface area (Å²) in [5.41, 5.74) is 6.69. The van der Waals surface area contributed by atoms with Crippen molar-refractivity contribution in [3.63, 3.8) is 0 Å². The van der Waals surface area contributed by atoms with E-state index in [9.17, 15) is 0 Å². The minimum atomic E-state index is 0.852. The Morgan fingerprint density at radius 1 is 1.73 bits per heavy atom. The van der Waals surface area contributed by atoms with Gasteiger partial charge in [-0.25, -0.2) is 0 Å². The van der Waals surface area contributed by atoms with Crippen LogP contribution >= 0.6 is 11.3 Å². The monoisotopic (exact) mass is 168 g/mol. The topological polar surface area (TPSA) is 38.4 Å². The number of nitrogen functional groups attached to an aromatic ring is 1. The van der Waals surface area contributed by atoms with E-state index in [2.05, 4.69) is 11.9 Å². The van der Waals surface area contributed by atoms with Crippen LogP contribution in [0, 0.1) is 0 Å². The minimum Gasteiger partial charge on any atom is -0.390 e. The van der Waals surface area contributed by atoms with E-state index in [4.69, 9.17) is 5.73 Å². The van der Waals surface area contributed by atoms with Crippen LogP contribution in [-0.2, 0) is 0 Å². The van der Waals surface area contributed by atoms with Crippen molar-refractivity contribution in [2.24, 2.45) is 4.99 Å². The molecule has 0 aliphatic heterocycles. The Bertz CT molecular complexity index is 240. The van der Waals surface area contributed by atoms with Gasteiger partial charge in [0.15, 0.2) is 0 Å². The molecule has 11 heavy (non-hydrogen) atoms. The van der Waals surface area contributed by atoms with Crippen LogP contribution in [0.15, 0.2) is 16.4 Å². The van der Waals surface area contributed by atoms with Gasteiger partial charge in [-0.3, -0.25) is 4.99 Å². The van der Waals surface area contributed by atoms with Crippen LogP contribution in [0.5, 0.6) is 0 Å². The molecule has 0 aliphatic carbocycles. The van der Waals surface area contributed by atoms with E-state index in [-0.39, 0.29) is 0 Å². The van der Waals surface area contributed by atoms with Gasteiger partial charge in [-0.05, 0) is 17.9 Å². The molecule has 1 rings (SSSR count). The van der Waals surface area contributed by atoms with E-state index >= 15 is 0 Å². The van der Waals surface area contributed by atoms with E-state index in [1.54, 1.807) is 11.3 Å². The molecular weight excluding hydrogens is 156 g/mol. The first-order valence-corrected chi connectivity index (χ1v) is 4.55. The quantitative estimate of drug-likeness (QED) is 0.690. The summed E-state index contributed by atoms with van der Waals surface area (Å²) in [5, 5.41) is 2.83. The average Bonchev–Trinajstić information content (AvgIpc) is 2.37. The molecule has 60 valence electrons. The Morgan fingerprint density at radius 3 is 3.09 bits per heavy atom. The molecule has 1 heterocycles. The standard InChI is InChI=1S/C8H12N2S/c1-2-4-10-6-7-3-5-11-8(7)9/h3,5-6H,2,4,9H2,1H3. The summed E-state index contributed by atoms with van der Waals surface area (Å²) in [4.78, 5) is 4.19. The fourth-order valence-corrected chi connectivity index (χ4v) is 1.35. The lowest BCUT2D eigenvalue weighted by Crippen LogP contribution is -1.86. The molecule has 0 saturated heterocycles. The molecular formula is C8H12N2S. The second-order valence-corrected chi connectivity index (χ2v) is 3.22.